The Balaban J connectivity index is 1.58. The highest BCUT2D eigenvalue weighted by molar-refractivity contribution is 5.21. The largest absolute Gasteiger partial charge is 0.369 e. The molecule has 2 aliphatic carbocycles. The monoisotopic (exact) mass is 401 g/mol. The lowest BCUT2D eigenvalue weighted by Crippen LogP contribution is -2.63. The standard InChI is InChI=1S/C23H35N3O3/c1-14-6-9-17-22(4,11-10-18-23(17,5)13-28-21(2,3)29-18)16(14)8-7-15-12-25-20(24)26-19(15)27/h12,16-18H,1,6-11,13H2,2-5H3,(H3,24,25,26,27)/t16-,17?,18-,22+,23+/m1/s1. The van der Waals surface area contributed by atoms with Gasteiger partial charge in [0.15, 0.2) is 11.7 Å². The fourth-order valence-corrected chi connectivity index (χ4v) is 6.51. The van der Waals surface area contributed by atoms with E-state index in [9.17, 15) is 4.79 Å². The number of allylic oxidation sites excluding steroid dienone is 1. The van der Waals surface area contributed by atoms with Crippen molar-refractivity contribution in [1.29, 1.82) is 0 Å². The van der Waals surface area contributed by atoms with E-state index in [1.807, 2.05) is 13.8 Å². The van der Waals surface area contributed by atoms with E-state index in [0.717, 1.165) is 38.7 Å². The van der Waals surface area contributed by atoms with Crippen LogP contribution < -0.4 is 11.3 Å². The number of anilines is 1. The van der Waals surface area contributed by atoms with E-state index in [4.69, 9.17) is 15.2 Å². The molecule has 1 aliphatic heterocycles. The zero-order valence-electron chi connectivity index (χ0n) is 18.2. The Labute approximate surface area is 173 Å². The lowest BCUT2D eigenvalue weighted by atomic mass is 9.46. The topological polar surface area (TPSA) is 90.2 Å². The molecule has 0 aromatic carbocycles. The molecule has 6 heteroatoms. The summed E-state index contributed by atoms with van der Waals surface area (Å²) >= 11 is 0. The number of nitrogens with zero attached hydrogens (tertiary/aromatic N) is 1. The number of hydrogen-bond donors (Lipinski definition) is 2. The molecule has 0 radical (unpaired) electrons. The van der Waals surface area contributed by atoms with Crippen LogP contribution in [0.3, 0.4) is 0 Å². The Kier molecular flexibility index (Phi) is 4.94. The van der Waals surface area contributed by atoms with E-state index >= 15 is 0 Å². The maximum absolute atomic E-state index is 12.2. The Bertz CT molecular complexity index is 863. The molecule has 1 aromatic heterocycles. The number of rotatable bonds is 3. The van der Waals surface area contributed by atoms with Gasteiger partial charge in [0.2, 0.25) is 0 Å². The summed E-state index contributed by atoms with van der Waals surface area (Å²) in [5.41, 5.74) is 7.63. The number of nitrogens with two attached hydrogens (primary N) is 1. The first kappa shape index (κ1) is 20.6. The Hall–Kier alpha value is -1.66. The number of H-pyrrole nitrogens is 1. The zero-order valence-corrected chi connectivity index (χ0v) is 18.2. The van der Waals surface area contributed by atoms with E-state index < -0.39 is 5.79 Å². The molecule has 3 N–H and O–H groups in total. The third kappa shape index (κ3) is 3.44. The Morgan fingerprint density at radius 3 is 2.76 bits per heavy atom. The molecule has 1 unspecified atom stereocenters. The van der Waals surface area contributed by atoms with Crippen LogP contribution in [0.1, 0.15) is 65.4 Å². The van der Waals surface area contributed by atoms with E-state index in [1.54, 1.807) is 6.20 Å². The predicted molar refractivity (Wildman–Crippen MR) is 113 cm³/mol. The SMILES string of the molecule is C=C1CCC2[C@]3(C)COC(C)(C)O[C@@H]3CC[C@@]2(C)[C@@H]1CCc1cnc(N)[nH]c1=O. The van der Waals surface area contributed by atoms with Gasteiger partial charge in [0, 0.05) is 17.2 Å². The Morgan fingerprint density at radius 2 is 2.03 bits per heavy atom. The van der Waals surface area contributed by atoms with Gasteiger partial charge in [0.1, 0.15) is 0 Å². The second-order valence-corrected chi connectivity index (χ2v) is 10.3. The Morgan fingerprint density at radius 1 is 1.28 bits per heavy atom. The molecule has 2 saturated carbocycles. The third-order valence-electron chi connectivity index (χ3n) is 8.07. The van der Waals surface area contributed by atoms with Crippen LogP contribution in [-0.4, -0.2) is 28.5 Å². The van der Waals surface area contributed by atoms with Crippen molar-refractivity contribution in [2.24, 2.45) is 22.7 Å². The van der Waals surface area contributed by atoms with Gasteiger partial charge >= 0.3 is 0 Å². The van der Waals surface area contributed by atoms with Gasteiger partial charge in [-0.25, -0.2) is 4.98 Å². The van der Waals surface area contributed by atoms with Crippen LogP contribution in [0.4, 0.5) is 5.95 Å². The molecule has 3 aliphatic rings. The second-order valence-electron chi connectivity index (χ2n) is 10.3. The average molecular weight is 402 g/mol. The molecule has 4 rings (SSSR count). The third-order valence-corrected chi connectivity index (χ3v) is 8.07. The van der Waals surface area contributed by atoms with Crippen LogP contribution in [0.25, 0.3) is 0 Å². The minimum Gasteiger partial charge on any atom is -0.369 e. The number of hydrogen-bond acceptors (Lipinski definition) is 5. The second kappa shape index (κ2) is 6.95. The smallest absolute Gasteiger partial charge is 0.255 e. The first-order valence-corrected chi connectivity index (χ1v) is 10.9. The van der Waals surface area contributed by atoms with Gasteiger partial charge in [0.25, 0.3) is 5.56 Å². The summed E-state index contributed by atoms with van der Waals surface area (Å²) in [5.74, 6) is 0.562. The van der Waals surface area contributed by atoms with Crippen LogP contribution >= 0.6 is 0 Å². The minimum atomic E-state index is -0.501. The van der Waals surface area contributed by atoms with Crippen LogP contribution in [0, 0.1) is 22.7 Å². The number of aromatic nitrogens is 2. The molecule has 0 spiro atoms. The van der Waals surface area contributed by atoms with Gasteiger partial charge in [-0.2, -0.15) is 0 Å². The van der Waals surface area contributed by atoms with Crippen LogP contribution in [0.5, 0.6) is 0 Å². The van der Waals surface area contributed by atoms with Crippen molar-refractivity contribution in [3.8, 4) is 0 Å². The van der Waals surface area contributed by atoms with Gasteiger partial charge in [-0.05, 0) is 69.6 Å². The molecule has 0 bridgehead atoms. The van der Waals surface area contributed by atoms with Gasteiger partial charge in [-0.15, -0.1) is 0 Å². The van der Waals surface area contributed by atoms with Gasteiger partial charge < -0.3 is 15.2 Å². The van der Waals surface area contributed by atoms with Gasteiger partial charge in [-0.1, -0.05) is 26.0 Å². The number of aromatic amines is 1. The average Bonchev–Trinajstić information content (AvgIpc) is 2.63. The molecular weight excluding hydrogens is 366 g/mol. The normalized spacial score (nSPS) is 38.9. The molecule has 0 amide bonds. The molecule has 29 heavy (non-hydrogen) atoms. The van der Waals surface area contributed by atoms with E-state index in [-0.39, 0.29) is 28.4 Å². The summed E-state index contributed by atoms with van der Waals surface area (Å²) < 4.78 is 12.5. The maximum Gasteiger partial charge on any atom is 0.255 e. The molecule has 3 fully saturated rings. The first-order valence-electron chi connectivity index (χ1n) is 10.9. The molecule has 2 heterocycles. The highest BCUT2D eigenvalue weighted by Crippen LogP contribution is 2.63. The van der Waals surface area contributed by atoms with E-state index in [2.05, 4.69) is 30.4 Å². The molecule has 1 aromatic rings. The maximum atomic E-state index is 12.2. The number of nitrogens with one attached hydrogen (secondary N) is 1. The summed E-state index contributed by atoms with van der Waals surface area (Å²) in [6, 6.07) is 0. The summed E-state index contributed by atoms with van der Waals surface area (Å²) in [5, 5.41) is 0. The summed E-state index contributed by atoms with van der Waals surface area (Å²) in [6.07, 6.45) is 7.79. The van der Waals surface area contributed by atoms with Crippen molar-refractivity contribution in [3.63, 3.8) is 0 Å². The lowest BCUT2D eigenvalue weighted by Gasteiger charge is -2.63. The van der Waals surface area contributed by atoms with Crippen LogP contribution in [0.2, 0.25) is 0 Å². The van der Waals surface area contributed by atoms with Crippen molar-refractivity contribution in [1.82, 2.24) is 9.97 Å². The molecule has 160 valence electrons. The summed E-state index contributed by atoms with van der Waals surface area (Å²) in [7, 11) is 0. The number of fused-ring (bicyclic) bond motifs is 3. The van der Waals surface area contributed by atoms with Crippen molar-refractivity contribution in [2.75, 3.05) is 12.3 Å². The fourth-order valence-electron chi connectivity index (χ4n) is 6.51. The number of nitrogen functional groups attached to an aromatic ring is 1. The number of ether oxygens (including phenoxy) is 2. The molecule has 5 atom stereocenters. The highest BCUT2D eigenvalue weighted by atomic mass is 16.7. The van der Waals surface area contributed by atoms with Gasteiger partial charge in [-0.3, -0.25) is 9.78 Å². The fraction of sp³-hybridized carbons (Fsp3) is 0.739. The van der Waals surface area contributed by atoms with Crippen LogP contribution in [-0.2, 0) is 15.9 Å². The molecule has 6 nitrogen and oxygen atoms in total. The zero-order chi connectivity index (χ0) is 21.0. The van der Waals surface area contributed by atoms with Crippen molar-refractivity contribution < 1.29 is 9.47 Å². The van der Waals surface area contributed by atoms with E-state index in [1.165, 1.54) is 5.57 Å². The quantitative estimate of drug-likeness (QED) is 0.752. The van der Waals surface area contributed by atoms with Gasteiger partial charge in [0.05, 0.1) is 12.7 Å². The van der Waals surface area contributed by atoms with E-state index in [0.29, 0.717) is 23.8 Å². The van der Waals surface area contributed by atoms with Crippen molar-refractivity contribution in [3.05, 3.63) is 34.3 Å². The highest BCUT2D eigenvalue weighted by Gasteiger charge is 2.60. The van der Waals surface area contributed by atoms with Crippen LogP contribution in [0.15, 0.2) is 23.1 Å². The van der Waals surface area contributed by atoms with Crippen molar-refractivity contribution >= 4 is 5.95 Å². The van der Waals surface area contributed by atoms with Crippen molar-refractivity contribution in [2.45, 2.75) is 78.1 Å². The lowest BCUT2D eigenvalue weighted by molar-refractivity contribution is -0.344. The summed E-state index contributed by atoms with van der Waals surface area (Å²) in [4.78, 5) is 18.9. The summed E-state index contributed by atoms with van der Waals surface area (Å²) in [6.45, 7) is 14.0. The minimum absolute atomic E-state index is 0.0156. The number of aryl methyl sites for hydroxylation is 1. The first-order chi connectivity index (χ1) is 13.6. The molecule has 1 saturated heterocycles. The molecular formula is C23H35N3O3. The predicted octanol–water partition coefficient (Wildman–Crippen LogP) is 3.83.